The zero-order chi connectivity index (χ0) is 20.2. The van der Waals surface area contributed by atoms with E-state index in [1.807, 2.05) is 31.2 Å². The van der Waals surface area contributed by atoms with Gasteiger partial charge in [0.15, 0.2) is 11.8 Å². The van der Waals surface area contributed by atoms with Crippen LogP contribution in [-0.2, 0) is 4.79 Å². The Morgan fingerprint density at radius 2 is 1.69 bits per heavy atom. The van der Waals surface area contributed by atoms with Crippen molar-refractivity contribution in [1.82, 2.24) is 5.32 Å². The van der Waals surface area contributed by atoms with Gasteiger partial charge in [0.1, 0.15) is 5.76 Å². The molecule has 1 aromatic carbocycles. The minimum Gasteiger partial charge on any atom is -0.467 e. The van der Waals surface area contributed by atoms with Gasteiger partial charge in [-0.15, -0.1) is 0 Å². The highest BCUT2D eigenvalue weighted by Gasteiger charge is 2.37. The number of amides is 2. The van der Waals surface area contributed by atoms with Gasteiger partial charge in [0.25, 0.3) is 11.8 Å². The van der Waals surface area contributed by atoms with Crippen molar-refractivity contribution in [3.8, 4) is 0 Å². The minimum absolute atomic E-state index is 0.124. The lowest BCUT2D eigenvalue weighted by Crippen LogP contribution is -2.46. The first-order valence-electron chi connectivity index (χ1n) is 9.91. The molecule has 3 aromatic rings. The van der Waals surface area contributed by atoms with Gasteiger partial charge in [-0.3, -0.25) is 14.5 Å². The summed E-state index contributed by atoms with van der Waals surface area (Å²) in [5.41, 5.74) is 1.66. The van der Waals surface area contributed by atoms with Crippen molar-refractivity contribution in [3.05, 3.63) is 78.1 Å². The highest BCUT2D eigenvalue weighted by Crippen LogP contribution is 2.31. The SMILES string of the molecule is Cc1ccc(N(C(=O)c2ccco2)[C@H](C(=O)NC2CCCC2)c2ccco2)cc1. The Morgan fingerprint density at radius 3 is 2.31 bits per heavy atom. The molecule has 1 fully saturated rings. The largest absolute Gasteiger partial charge is 0.467 e. The normalized spacial score (nSPS) is 15.2. The van der Waals surface area contributed by atoms with Crippen LogP contribution in [0.3, 0.4) is 0 Å². The fourth-order valence-corrected chi connectivity index (χ4v) is 3.78. The van der Waals surface area contributed by atoms with E-state index in [1.165, 1.54) is 17.4 Å². The minimum atomic E-state index is -0.939. The Labute approximate surface area is 169 Å². The second-order valence-corrected chi connectivity index (χ2v) is 7.40. The van der Waals surface area contributed by atoms with Crippen LogP contribution in [0.1, 0.15) is 53.6 Å². The molecule has 4 rings (SSSR count). The lowest BCUT2D eigenvalue weighted by molar-refractivity contribution is -0.123. The van der Waals surface area contributed by atoms with Gasteiger partial charge < -0.3 is 14.2 Å². The van der Waals surface area contributed by atoms with E-state index in [-0.39, 0.29) is 17.7 Å². The second-order valence-electron chi connectivity index (χ2n) is 7.40. The number of carbonyl (C=O) groups is 2. The van der Waals surface area contributed by atoms with Gasteiger partial charge in [-0.25, -0.2) is 0 Å². The molecule has 0 aliphatic heterocycles. The van der Waals surface area contributed by atoms with Crippen LogP contribution in [-0.4, -0.2) is 17.9 Å². The lowest BCUT2D eigenvalue weighted by atomic mass is 10.1. The predicted molar refractivity (Wildman–Crippen MR) is 109 cm³/mol. The molecule has 6 heteroatoms. The molecule has 29 heavy (non-hydrogen) atoms. The average Bonchev–Trinajstić information content (AvgIpc) is 3.49. The molecule has 150 valence electrons. The van der Waals surface area contributed by atoms with Crippen molar-refractivity contribution in [1.29, 1.82) is 0 Å². The second kappa shape index (κ2) is 8.39. The van der Waals surface area contributed by atoms with Crippen molar-refractivity contribution in [2.45, 2.75) is 44.7 Å². The maximum Gasteiger partial charge on any atom is 0.295 e. The number of hydrogen-bond donors (Lipinski definition) is 1. The topological polar surface area (TPSA) is 75.7 Å². The third-order valence-corrected chi connectivity index (χ3v) is 5.28. The summed E-state index contributed by atoms with van der Waals surface area (Å²) in [6.07, 6.45) is 7.06. The van der Waals surface area contributed by atoms with Crippen molar-refractivity contribution < 1.29 is 18.4 Å². The molecule has 2 amide bonds. The van der Waals surface area contributed by atoms with E-state index < -0.39 is 11.9 Å². The molecular weight excluding hydrogens is 368 g/mol. The molecule has 1 N–H and O–H groups in total. The number of furan rings is 2. The summed E-state index contributed by atoms with van der Waals surface area (Å²) < 4.78 is 10.9. The van der Waals surface area contributed by atoms with Crippen LogP contribution in [0.4, 0.5) is 5.69 Å². The van der Waals surface area contributed by atoms with E-state index in [2.05, 4.69) is 5.32 Å². The predicted octanol–water partition coefficient (Wildman–Crippen LogP) is 4.63. The van der Waals surface area contributed by atoms with E-state index in [4.69, 9.17) is 8.83 Å². The summed E-state index contributed by atoms with van der Waals surface area (Å²) in [5, 5.41) is 3.11. The first-order chi connectivity index (χ1) is 14.1. The van der Waals surface area contributed by atoms with Gasteiger partial charge in [-0.1, -0.05) is 30.5 Å². The summed E-state index contributed by atoms with van der Waals surface area (Å²) in [6, 6.07) is 13.3. The van der Waals surface area contributed by atoms with Gasteiger partial charge in [0.2, 0.25) is 0 Å². The standard InChI is InChI=1S/C23H24N2O4/c1-16-10-12-18(13-11-16)25(23(27)20-9-5-15-29-20)21(19-8-4-14-28-19)22(26)24-17-6-2-3-7-17/h4-5,8-15,17,21H,2-3,6-7H2,1H3,(H,24,26)/t21-/m0/s1. The maximum absolute atomic E-state index is 13.4. The van der Waals surface area contributed by atoms with Gasteiger partial charge in [0, 0.05) is 11.7 Å². The van der Waals surface area contributed by atoms with Crippen LogP contribution in [0.2, 0.25) is 0 Å². The summed E-state index contributed by atoms with van der Waals surface area (Å²) in [4.78, 5) is 28.2. The highest BCUT2D eigenvalue weighted by atomic mass is 16.3. The van der Waals surface area contributed by atoms with Gasteiger partial charge >= 0.3 is 0 Å². The number of hydrogen-bond acceptors (Lipinski definition) is 4. The summed E-state index contributed by atoms with van der Waals surface area (Å²) in [6.45, 7) is 1.97. The monoisotopic (exact) mass is 392 g/mol. The van der Waals surface area contributed by atoms with Crippen LogP contribution in [0, 0.1) is 6.92 Å². The van der Waals surface area contributed by atoms with Crippen molar-refractivity contribution in [2.24, 2.45) is 0 Å². The number of rotatable bonds is 6. The number of benzene rings is 1. The molecule has 0 unspecified atom stereocenters. The molecule has 0 spiro atoms. The molecule has 1 saturated carbocycles. The number of nitrogens with one attached hydrogen (secondary N) is 1. The van der Waals surface area contributed by atoms with Gasteiger partial charge in [-0.2, -0.15) is 0 Å². The van der Waals surface area contributed by atoms with E-state index in [0.717, 1.165) is 31.2 Å². The molecule has 1 aliphatic carbocycles. The van der Waals surface area contributed by atoms with Gasteiger partial charge in [-0.05, 0) is 56.2 Å². The van der Waals surface area contributed by atoms with Crippen LogP contribution < -0.4 is 10.2 Å². The quantitative estimate of drug-likeness (QED) is 0.664. The summed E-state index contributed by atoms with van der Waals surface area (Å²) in [7, 11) is 0. The van der Waals surface area contributed by atoms with E-state index >= 15 is 0 Å². The number of anilines is 1. The first-order valence-corrected chi connectivity index (χ1v) is 9.91. The Morgan fingerprint density at radius 1 is 1.00 bits per heavy atom. The van der Waals surface area contributed by atoms with Crippen LogP contribution in [0.25, 0.3) is 0 Å². The van der Waals surface area contributed by atoms with Crippen LogP contribution in [0.5, 0.6) is 0 Å². The van der Waals surface area contributed by atoms with Crippen molar-refractivity contribution in [2.75, 3.05) is 4.90 Å². The van der Waals surface area contributed by atoms with Gasteiger partial charge in [0.05, 0.1) is 12.5 Å². The molecule has 2 heterocycles. The Balaban J connectivity index is 1.75. The zero-order valence-corrected chi connectivity index (χ0v) is 16.3. The molecule has 6 nitrogen and oxygen atoms in total. The maximum atomic E-state index is 13.4. The average molecular weight is 392 g/mol. The molecular formula is C23H24N2O4. The third kappa shape index (κ3) is 4.11. The Kier molecular flexibility index (Phi) is 5.51. The first kappa shape index (κ1) is 19.1. The fourth-order valence-electron chi connectivity index (χ4n) is 3.78. The van der Waals surface area contributed by atoms with Crippen molar-refractivity contribution in [3.63, 3.8) is 0 Å². The molecule has 0 radical (unpaired) electrons. The van der Waals surface area contributed by atoms with Crippen molar-refractivity contribution >= 4 is 17.5 Å². The fraction of sp³-hybridized carbons (Fsp3) is 0.304. The van der Waals surface area contributed by atoms with E-state index in [9.17, 15) is 9.59 Å². The number of carbonyl (C=O) groups excluding carboxylic acids is 2. The third-order valence-electron chi connectivity index (χ3n) is 5.28. The molecule has 1 aliphatic rings. The van der Waals surface area contributed by atoms with E-state index in [1.54, 1.807) is 24.3 Å². The van der Waals surface area contributed by atoms with Crippen LogP contribution >= 0.6 is 0 Å². The highest BCUT2D eigenvalue weighted by molar-refractivity contribution is 6.08. The zero-order valence-electron chi connectivity index (χ0n) is 16.3. The molecule has 0 saturated heterocycles. The molecule has 1 atom stereocenters. The Hall–Kier alpha value is -3.28. The Bertz CT molecular complexity index is 939. The molecule has 0 bridgehead atoms. The number of aryl methyl sites for hydroxylation is 1. The number of nitrogens with zero attached hydrogens (tertiary/aromatic N) is 1. The lowest BCUT2D eigenvalue weighted by Gasteiger charge is -2.30. The van der Waals surface area contributed by atoms with E-state index in [0.29, 0.717) is 11.4 Å². The van der Waals surface area contributed by atoms with Crippen LogP contribution in [0.15, 0.2) is 69.9 Å². The molecule has 2 aromatic heterocycles. The smallest absolute Gasteiger partial charge is 0.295 e. The summed E-state index contributed by atoms with van der Waals surface area (Å²) in [5.74, 6) is -0.0917. The summed E-state index contributed by atoms with van der Waals surface area (Å²) >= 11 is 0.